The molecule has 0 amide bonds. The Kier molecular flexibility index (Phi) is 3.68. The highest BCUT2D eigenvalue weighted by molar-refractivity contribution is 5.69. The van der Waals surface area contributed by atoms with Crippen LogP contribution in [0, 0.1) is 12.3 Å². The van der Waals surface area contributed by atoms with Crippen molar-refractivity contribution in [2.24, 2.45) is 0 Å². The lowest BCUT2D eigenvalue weighted by atomic mass is 10.2. The van der Waals surface area contributed by atoms with Crippen molar-refractivity contribution >= 4 is 6.21 Å². The van der Waals surface area contributed by atoms with Crippen LogP contribution >= 0.6 is 0 Å². The number of allylic oxidation sites excluding steroid dienone is 2. The molecule has 0 unspecified atom stereocenters. The molecule has 0 saturated carbocycles. The summed E-state index contributed by atoms with van der Waals surface area (Å²) in [6, 6.07) is 7.72. The van der Waals surface area contributed by atoms with Gasteiger partial charge in [-0.1, -0.05) is 24.3 Å². The van der Waals surface area contributed by atoms with Crippen LogP contribution < -0.4 is 4.74 Å². The maximum atomic E-state index is 6.91. The highest BCUT2D eigenvalue weighted by Gasteiger charge is 1.94. The van der Waals surface area contributed by atoms with Gasteiger partial charge < -0.3 is 10.1 Å². The molecule has 2 heteroatoms. The summed E-state index contributed by atoms with van der Waals surface area (Å²) in [7, 11) is 0. The molecule has 0 spiro atoms. The third-order valence-corrected chi connectivity index (χ3v) is 1.71. The van der Waals surface area contributed by atoms with Crippen LogP contribution in [0.2, 0.25) is 0 Å². The van der Waals surface area contributed by atoms with Gasteiger partial charge in [-0.2, -0.15) is 0 Å². The Morgan fingerprint density at radius 3 is 2.50 bits per heavy atom. The number of benzene rings is 1. The number of nitrogens with one attached hydrogen (secondary N) is 1. The van der Waals surface area contributed by atoms with Crippen molar-refractivity contribution in [2.45, 2.75) is 6.92 Å². The third kappa shape index (κ3) is 2.90. The number of hydrogen-bond donors (Lipinski definition) is 1. The molecule has 1 aromatic rings. The van der Waals surface area contributed by atoms with E-state index in [0.29, 0.717) is 5.76 Å². The Bertz CT molecular complexity index is 349. The van der Waals surface area contributed by atoms with E-state index >= 15 is 0 Å². The molecule has 1 aromatic carbocycles. The van der Waals surface area contributed by atoms with Crippen LogP contribution in [0.5, 0.6) is 5.75 Å². The van der Waals surface area contributed by atoms with Crippen molar-refractivity contribution in [1.29, 1.82) is 5.41 Å². The van der Waals surface area contributed by atoms with Crippen molar-refractivity contribution < 1.29 is 4.74 Å². The summed E-state index contributed by atoms with van der Waals surface area (Å²) in [5.74, 6) is 1.33. The van der Waals surface area contributed by atoms with E-state index in [2.05, 4.69) is 6.58 Å². The van der Waals surface area contributed by atoms with E-state index in [0.717, 1.165) is 5.75 Å². The van der Waals surface area contributed by atoms with Crippen LogP contribution in [0.3, 0.4) is 0 Å². The molecule has 0 aromatic heterocycles. The molecule has 0 radical (unpaired) electrons. The largest absolute Gasteiger partial charge is 0.457 e. The highest BCUT2D eigenvalue weighted by atomic mass is 16.5. The summed E-state index contributed by atoms with van der Waals surface area (Å²) in [5.41, 5.74) is 1.19. The number of aryl methyl sites for hydroxylation is 1. The lowest BCUT2D eigenvalue weighted by Gasteiger charge is -2.05. The first-order valence-corrected chi connectivity index (χ1v) is 4.34. The van der Waals surface area contributed by atoms with Crippen LogP contribution in [0.15, 0.2) is 48.8 Å². The van der Waals surface area contributed by atoms with Gasteiger partial charge in [0.15, 0.2) is 0 Å². The Morgan fingerprint density at radius 2 is 2.00 bits per heavy atom. The van der Waals surface area contributed by atoms with Gasteiger partial charge in [0.2, 0.25) is 0 Å². The predicted octanol–water partition coefficient (Wildman–Crippen LogP) is 3.09. The second-order valence-corrected chi connectivity index (χ2v) is 2.85. The minimum Gasteiger partial charge on any atom is -0.457 e. The molecule has 72 valence electrons. The fourth-order valence-electron chi connectivity index (χ4n) is 0.968. The lowest BCUT2D eigenvalue weighted by Crippen LogP contribution is -1.92. The zero-order valence-electron chi connectivity index (χ0n) is 8.16. The summed E-state index contributed by atoms with van der Waals surface area (Å²) >= 11 is 0. The van der Waals surface area contributed by atoms with Gasteiger partial charge in [-0.25, -0.2) is 0 Å². The average Bonchev–Trinajstić information content (AvgIpc) is 2.20. The molecule has 0 aliphatic heterocycles. The minimum absolute atomic E-state index is 0.573. The van der Waals surface area contributed by atoms with Crippen LogP contribution in [0.4, 0.5) is 0 Å². The van der Waals surface area contributed by atoms with E-state index < -0.39 is 0 Å². The van der Waals surface area contributed by atoms with E-state index in [1.165, 1.54) is 11.8 Å². The molecular weight excluding hydrogens is 174 g/mol. The highest BCUT2D eigenvalue weighted by Crippen LogP contribution is 2.14. The first-order valence-electron chi connectivity index (χ1n) is 4.34. The smallest absolute Gasteiger partial charge is 0.128 e. The van der Waals surface area contributed by atoms with Crippen LogP contribution in [-0.4, -0.2) is 6.21 Å². The molecule has 0 heterocycles. The molecular formula is C12H13NO. The van der Waals surface area contributed by atoms with Crippen LogP contribution in [0.1, 0.15) is 5.56 Å². The van der Waals surface area contributed by atoms with Gasteiger partial charge >= 0.3 is 0 Å². The van der Waals surface area contributed by atoms with Crippen LogP contribution in [0.25, 0.3) is 0 Å². The van der Waals surface area contributed by atoms with Gasteiger partial charge in [-0.3, -0.25) is 0 Å². The second-order valence-electron chi connectivity index (χ2n) is 2.85. The molecule has 0 bridgehead atoms. The van der Waals surface area contributed by atoms with Gasteiger partial charge in [-0.05, 0) is 31.2 Å². The first-order chi connectivity index (χ1) is 6.76. The fraction of sp³-hybridized carbons (Fsp3) is 0.0833. The molecule has 0 fully saturated rings. The molecule has 0 saturated heterocycles. The van der Waals surface area contributed by atoms with Gasteiger partial charge in [0.25, 0.3) is 0 Å². The zero-order valence-corrected chi connectivity index (χ0v) is 8.16. The normalized spacial score (nSPS) is 10.8. The average molecular weight is 187 g/mol. The Labute approximate surface area is 84.0 Å². The fourth-order valence-corrected chi connectivity index (χ4v) is 0.968. The molecule has 0 aliphatic rings. The predicted molar refractivity (Wildman–Crippen MR) is 58.9 cm³/mol. The molecule has 1 rings (SSSR count). The van der Waals surface area contributed by atoms with Crippen LogP contribution in [-0.2, 0) is 0 Å². The second kappa shape index (κ2) is 5.02. The summed E-state index contributed by atoms with van der Waals surface area (Å²) in [5, 5.41) is 6.91. The van der Waals surface area contributed by atoms with Crippen molar-refractivity contribution in [2.75, 3.05) is 0 Å². The zero-order chi connectivity index (χ0) is 10.4. The monoisotopic (exact) mass is 187 g/mol. The van der Waals surface area contributed by atoms with Gasteiger partial charge in [0.1, 0.15) is 11.5 Å². The number of rotatable bonds is 4. The summed E-state index contributed by atoms with van der Waals surface area (Å²) in [4.78, 5) is 0. The topological polar surface area (TPSA) is 33.1 Å². The molecule has 2 nitrogen and oxygen atoms in total. The molecule has 0 aliphatic carbocycles. The van der Waals surface area contributed by atoms with Crippen molar-refractivity contribution in [3.8, 4) is 5.75 Å². The quantitative estimate of drug-likeness (QED) is 0.438. The maximum Gasteiger partial charge on any atom is 0.128 e. The van der Waals surface area contributed by atoms with Gasteiger partial charge in [-0.15, -0.1) is 0 Å². The summed E-state index contributed by atoms with van der Waals surface area (Å²) < 4.78 is 5.45. The summed E-state index contributed by atoms with van der Waals surface area (Å²) in [6.45, 7) is 5.62. The number of hydrogen-bond acceptors (Lipinski definition) is 2. The molecule has 0 atom stereocenters. The Morgan fingerprint density at radius 1 is 1.36 bits per heavy atom. The van der Waals surface area contributed by atoms with E-state index in [1.807, 2.05) is 31.2 Å². The molecule has 14 heavy (non-hydrogen) atoms. The van der Waals surface area contributed by atoms with E-state index in [-0.39, 0.29) is 0 Å². The standard InChI is InChI=1S/C12H13NO/c1-3-11(8-9-13)14-12-6-4-10(2)5-7-12/h3-9,13H,1H2,2H3/b11-8+,13-9?. The van der Waals surface area contributed by atoms with Crippen molar-refractivity contribution in [3.63, 3.8) is 0 Å². The van der Waals surface area contributed by atoms with Gasteiger partial charge in [0, 0.05) is 6.21 Å². The Hall–Kier alpha value is -1.83. The van der Waals surface area contributed by atoms with Crippen molar-refractivity contribution in [3.05, 3.63) is 54.3 Å². The van der Waals surface area contributed by atoms with E-state index in [9.17, 15) is 0 Å². The lowest BCUT2D eigenvalue weighted by molar-refractivity contribution is 0.445. The van der Waals surface area contributed by atoms with E-state index in [4.69, 9.17) is 10.1 Å². The SMILES string of the molecule is C=C/C(=C\C=N)Oc1ccc(C)cc1. The Balaban J connectivity index is 2.77. The first kappa shape index (κ1) is 10.3. The van der Waals surface area contributed by atoms with Crippen molar-refractivity contribution in [1.82, 2.24) is 0 Å². The maximum absolute atomic E-state index is 6.91. The third-order valence-electron chi connectivity index (χ3n) is 1.71. The minimum atomic E-state index is 0.573. The van der Waals surface area contributed by atoms with E-state index in [1.54, 1.807) is 12.2 Å². The molecule has 1 N–H and O–H groups in total. The number of ether oxygens (including phenoxy) is 1. The van der Waals surface area contributed by atoms with Gasteiger partial charge in [0.05, 0.1) is 0 Å². The summed E-state index contributed by atoms with van der Waals surface area (Å²) in [6.07, 6.45) is 4.29.